The molecule has 0 bridgehead atoms. The van der Waals surface area contributed by atoms with Gasteiger partial charge in [0.15, 0.2) is 11.5 Å². The number of halogens is 4. The van der Waals surface area contributed by atoms with E-state index in [9.17, 15) is 18.0 Å². The third-order valence-corrected chi connectivity index (χ3v) is 3.62. The fraction of sp³-hybridized carbons (Fsp3) is 0.588. The Morgan fingerprint density at radius 3 is 2.40 bits per heavy atom. The number of nitrogens with zero attached hydrogens (tertiary/aromatic N) is 1. The SMILES string of the molecule is CCCOc1c(Cl)cc(C(=O)N(CC)CCC(F)(F)F)cc1OCC. The molecule has 25 heavy (non-hydrogen) atoms. The quantitative estimate of drug-likeness (QED) is 0.608. The molecule has 0 atom stereocenters. The van der Waals surface area contributed by atoms with Crippen molar-refractivity contribution in [3.8, 4) is 11.5 Å². The van der Waals surface area contributed by atoms with E-state index in [0.29, 0.717) is 24.7 Å². The molecule has 0 saturated carbocycles. The Morgan fingerprint density at radius 2 is 1.88 bits per heavy atom. The molecule has 1 amide bonds. The van der Waals surface area contributed by atoms with Gasteiger partial charge in [-0.05, 0) is 32.4 Å². The van der Waals surface area contributed by atoms with Crippen molar-refractivity contribution in [3.63, 3.8) is 0 Å². The molecule has 8 heteroatoms. The van der Waals surface area contributed by atoms with Crippen LogP contribution in [0.15, 0.2) is 12.1 Å². The minimum atomic E-state index is -4.32. The lowest BCUT2D eigenvalue weighted by atomic mass is 10.1. The van der Waals surface area contributed by atoms with Crippen LogP contribution in [0.4, 0.5) is 13.2 Å². The van der Waals surface area contributed by atoms with Gasteiger partial charge in [0.25, 0.3) is 5.91 Å². The minimum absolute atomic E-state index is 0.157. The molecule has 0 N–H and O–H groups in total. The maximum atomic E-state index is 12.5. The molecule has 0 aliphatic rings. The van der Waals surface area contributed by atoms with Crippen LogP contribution in [0.1, 0.15) is 44.0 Å². The Morgan fingerprint density at radius 1 is 1.20 bits per heavy atom. The Bertz CT molecular complexity index is 579. The zero-order valence-corrected chi connectivity index (χ0v) is 15.3. The molecular weight excluding hydrogens is 359 g/mol. The van der Waals surface area contributed by atoms with Gasteiger partial charge in [0, 0.05) is 18.7 Å². The molecule has 0 aromatic heterocycles. The van der Waals surface area contributed by atoms with Crippen LogP contribution >= 0.6 is 11.6 Å². The molecule has 4 nitrogen and oxygen atoms in total. The van der Waals surface area contributed by atoms with Crippen molar-refractivity contribution in [1.29, 1.82) is 0 Å². The van der Waals surface area contributed by atoms with Gasteiger partial charge >= 0.3 is 6.18 Å². The van der Waals surface area contributed by atoms with Crippen LogP contribution in [0.2, 0.25) is 5.02 Å². The third kappa shape index (κ3) is 6.65. The first kappa shape index (κ1) is 21.4. The summed E-state index contributed by atoms with van der Waals surface area (Å²) in [5.41, 5.74) is 0.168. The highest BCUT2D eigenvalue weighted by Crippen LogP contribution is 2.37. The monoisotopic (exact) mass is 381 g/mol. The van der Waals surface area contributed by atoms with Gasteiger partial charge < -0.3 is 14.4 Å². The van der Waals surface area contributed by atoms with Crippen molar-refractivity contribution in [2.45, 2.75) is 39.8 Å². The van der Waals surface area contributed by atoms with Gasteiger partial charge in [0.2, 0.25) is 0 Å². The number of alkyl halides is 3. The summed E-state index contributed by atoms with van der Waals surface area (Å²) in [5.74, 6) is 0.107. The highest BCUT2D eigenvalue weighted by atomic mass is 35.5. The minimum Gasteiger partial charge on any atom is -0.490 e. The molecule has 0 aliphatic heterocycles. The number of carbonyl (C=O) groups is 1. The maximum Gasteiger partial charge on any atom is 0.390 e. The van der Waals surface area contributed by atoms with Gasteiger partial charge in [0.1, 0.15) is 0 Å². The molecule has 1 aromatic carbocycles. The molecule has 1 aromatic rings. The molecule has 0 saturated heterocycles. The van der Waals surface area contributed by atoms with Crippen LogP contribution in [-0.4, -0.2) is 43.3 Å². The number of hydrogen-bond donors (Lipinski definition) is 0. The zero-order chi connectivity index (χ0) is 19.0. The number of amides is 1. The van der Waals surface area contributed by atoms with E-state index in [4.69, 9.17) is 21.1 Å². The van der Waals surface area contributed by atoms with Crippen molar-refractivity contribution in [3.05, 3.63) is 22.7 Å². The second-order valence-electron chi connectivity index (χ2n) is 5.32. The van der Waals surface area contributed by atoms with Gasteiger partial charge in [0.05, 0.1) is 24.7 Å². The summed E-state index contributed by atoms with van der Waals surface area (Å²) in [4.78, 5) is 13.7. The van der Waals surface area contributed by atoms with Crippen LogP contribution < -0.4 is 9.47 Å². The van der Waals surface area contributed by atoms with Gasteiger partial charge in [-0.15, -0.1) is 0 Å². The molecule has 0 fully saturated rings. The van der Waals surface area contributed by atoms with Gasteiger partial charge in [-0.1, -0.05) is 18.5 Å². The normalized spacial score (nSPS) is 11.3. The summed E-state index contributed by atoms with van der Waals surface area (Å²) < 4.78 is 48.3. The molecule has 1 rings (SSSR count). The number of hydrogen-bond acceptors (Lipinski definition) is 3. The van der Waals surface area contributed by atoms with E-state index in [1.165, 1.54) is 12.1 Å². The molecule has 142 valence electrons. The Balaban J connectivity index is 3.07. The van der Waals surface area contributed by atoms with Gasteiger partial charge in [-0.3, -0.25) is 4.79 Å². The predicted octanol–water partition coefficient (Wildman–Crippen LogP) is 4.94. The fourth-order valence-corrected chi connectivity index (χ4v) is 2.41. The van der Waals surface area contributed by atoms with E-state index in [1.54, 1.807) is 13.8 Å². The first-order valence-corrected chi connectivity index (χ1v) is 8.56. The van der Waals surface area contributed by atoms with Crippen molar-refractivity contribution in [1.82, 2.24) is 4.90 Å². The smallest absolute Gasteiger partial charge is 0.390 e. The van der Waals surface area contributed by atoms with Gasteiger partial charge in [-0.25, -0.2) is 0 Å². The van der Waals surface area contributed by atoms with Crippen LogP contribution in [0.3, 0.4) is 0 Å². The highest BCUT2D eigenvalue weighted by Gasteiger charge is 2.29. The summed E-state index contributed by atoms with van der Waals surface area (Å²) in [6, 6.07) is 2.85. The summed E-state index contributed by atoms with van der Waals surface area (Å²) in [6.07, 6.45) is -4.61. The average molecular weight is 382 g/mol. The lowest BCUT2D eigenvalue weighted by Gasteiger charge is -2.22. The number of carbonyl (C=O) groups excluding carboxylic acids is 1. The van der Waals surface area contributed by atoms with Crippen LogP contribution in [-0.2, 0) is 0 Å². The lowest BCUT2D eigenvalue weighted by molar-refractivity contribution is -0.136. The van der Waals surface area contributed by atoms with E-state index in [0.717, 1.165) is 11.3 Å². The van der Waals surface area contributed by atoms with E-state index in [2.05, 4.69) is 0 Å². The molecule has 0 radical (unpaired) electrons. The zero-order valence-electron chi connectivity index (χ0n) is 14.6. The van der Waals surface area contributed by atoms with E-state index >= 15 is 0 Å². The lowest BCUT2D eigenvalue weighted by Crippen LogP contribution is -2.34. The Kier molecular flexibility index (Phi) is 8.35. The third-order valence-electron chi connectivity index (χ3n) is 3.34. The highest BCUT2D eigenvalue weighted by molar-refractivity contribution is 6.32. The van der Waals surface area contributed by atoms with E-state index in [1.807, 2.05) is 6.92 Å². The topological polar surface area (TPSA) is 38.8 Å². The average Bonchev–Trinajstić information content (AvgIpc) is 2.53. The van der Waals surface area contributed by atoms with Crippen LogP contribution in [0.5, 0.6) is 11.5 Å². The van der Waals surface area contributed by atoms with E-state index in [-0.39, 0.29) is 17.1 Å². The second kappa shape index (κ2) is 9.75. The largest absolute Gasteiger partial charge is 0.490 e. The molecule has 0 spiro atoms. The second-order valence-corrected chi connectivity index (χ2v) is 5.72. The molecule has 0 aliphatic carbocycles. The fourth-order valence-electron chi connectivity index (χ4n) is 2.15. The Hall–Kier alpha value is -1.63. The van der Waals surface area contributed by atoms with Crippen LogP contribution in [0.25, 0.3) is 0 Å². The van der Waals surface area contributed by atoms with E-state index < -0.39 is 25.0 Å². The molecule has 0 heterocycles. The Labute approximate surface area is 150 Å². The van der Waals surface area contributed by atoms with Crippen molar-refractivity contribution >= 4 is 17.5 Å². The first-order valence-electron chi connectivity index (χ1n) is 8.18. The predicted molar refractivity (Wildman–Crippen MR) is 90.7 cm³/mol. The number of ether oxygens (including phenoxy) is 2. The maximum absolute atomic E-state index is 12.5. The van der Waals surface area contributed by atoms with Crippen molar-refractivity contribution < 1.29 is 27.4 Å². The molecule has 0 unspecified atom stereocenters. The summed E-state index contributed by atoms with van der Waals surface area (Å²) in [6.45, 7) is 5.85. The van der Waals surface area contributed by atoms with Crippen molar-refractivity contribution in [2.24, 2.45) is 0 Å². The molecular formula is C17H23ClF3NO3. The summed E-state index contributed by atoms with van der Waals surface area (Å²) >= 11 is 6.19. The standard InChI is InChI=1S/C17H23ClF3NO3/c1-4-9-25-15-13(18)10-12(11-14(15)24-6-3)16(23)22(5-2)8-7-17(19,20)21/h10-11H,4-9H2,1-3H3. The number of rotatable bonds is 9. The summed E-state index contributed by atoms with van der Waals surface area (Å²) in [7, 11) is 0. The summed E-state index contributed by atoms with van der Waals surface area (Å²) in [5, 5.41) is 0.189. The van der Waals surface area contributed by atoms with Crippen molar-refractivity contribution in [2.75, 3.05) is 26.3 Å². The number of benzene rings is 1. The van der Waals surface area contributed by atoms with Crippen LogP contribution in [0, 0.1) is 0 Å². The van der Waals surface area contributed by atoms with Gasteiger partial charge in [-0.2, -0.15) is 13.2 Å². The first-order chi connectivity index (χ1) is 11.7.